The van der Waals surface area contributed by atoms with Crippen LogP contribution in [0.25, 0.3) is 0 Å². The lowest BCUT2D eigenvalue weighted by Gasteiger charge is -2.14. The van der Waals surface area contributed by atoms with Crippen LogP contribution >= 0.6 is 34.8 Å². The van der Waals surface area contributed by atoms with Crippen LogP contribution in [0.4, 0.5) is 17.1 Å². The number of nitrogen functional groups attached to an aromatic ring is 1. The maximum Gasteiger partial charge on any atom is 0.123 e. The normalized spacial score (nSPS) is 10.8. The smallest absolute Gasteiger partial charge is 0.123 e. The molecule has 0 saturated carbocycles. The first kappa shape index (κ1) is 16.1. The molecule has 0 aliphatic rings. The fourth-order valence-corrected chi connectivity index (χ4v) is 2.40. The zero-order chi connectivity index (χ0) is 15.6. The molecule has 0 bridgehead atoms. The van der Waals surface area contributed by atoms with Crippen LogP contribution in [-0.4, -0.2) is 6.10 Å². The molecule has 112 valence electrons. The molecule has 0 aromatic heterocycles. The molecule has 6 heteroatoms. The van der Waals surface area contributed by atoms with Gasteiger partial charge in [0, 0.05) is 23.5 Å². The molecule has 0 aliphatic heterocycles. The van der Waals surface area contributed by atoms with Gasteiger partial charge in [-0.1, -0.05) is 34.8 Å². The number of hydrogen-bond donors (Lipinski definition) is 2. The Labute approximate surface area is 138 Å². The molecule has 0 unspecified atom stereocenters. The van der Waals surface area contributed by atoms with Crippen LogP contribution in [0.2, 0.25) is 15.1 Å². The molecule has 0 radical (unpaired) electrons. The summed E-state index contributed by atoms with van der Waals surface area (Å²) < 4.78 is 5.65. The third-order valence-corrected chi connectivity index (χ3v) is 3.62. The number of benzene rings is 2. The summed E-state index contributed by atoms with van der Waals surface area (Å²) in [6.07, 6.45) is 0.0632. The first-order valence-corrected chi connectivity index (χ1v) is 7.47. The van der Waals surface area contributed by atoms with Crippen LogP contribution in [0.15, 0.2) is 30.3 Å². The Morgan fingerprint density at radius 1 is 0.952 bits per heavy atom. The van der Waals surface area contributed by atoms with Crippen LogP contribution < -0.4 is 15.8 Å². The lowest BCUT2D eigenvalue weighted by Crippen LogP contribution is -2.06. The van der Waals surface area contributed by atoms with Gasteiger partial charge in [-0.3, -0.25) is 0 Å². The zero-order valence-corrected chi connectivity index (χ0v) is 13.9. The van der Waals surface area contributed by atoms with Crippen molar-refractivity contribution < 1.29 is 4.74 Å². The summed E-state index contributed by atoms with van der Waals surface area (Å²) in [5.41, 5.74) is 7.87. The lowest BCUT2D eigenvalue weighted by molar-refractivity contribution is 0.242. The molecule has 2 aromatic rings. The number of ether oxygens (including phenoxy) is 1. The standard InChI is InChI=1S/C15H15Cl3N2O/c1-8(2)21-11-4-9(19)3-10(5-11)20-15-7-13(17)12(16)6-14(15)18/h3-8,20H,19H2,1-2H3. The van der Waals surface area contributed by atoms with Crippen molar-refractivity contribution >= 4 is 51.9 Å². The van der Waals surface area contributed by atoms with E-state index in [0.29, 0.717) is 32.2 Å². The summed E-state index contributed by atoms with van der Waals surface area (Å²) in [4.78, 5) is 0. The summed E-state index contributed by atoms with van der Waals surface area (Å²) in [5, 5.41) is 4.46. The molecular weight excluding hydrogens is 331 g/mol. The fraction of sp³-hybridized carbons (Fsp3) is 0.200. The predicted octanol–water partition coefficient (Wildman–Crippen LogP) is 5.76. The van der Waals surface area contributed by atoms with Gasteiger partial charge < -0.3 is 15.8 Å². The van der Waals surface area contributed by atoms with Gasteiger partial charge in [0.1, 0.15) is 5.75 Å². The minimum absolute atomic E-state index is 0.0632. The number of nitrogens with one attached hydrogen (secondary N) is 1. The molecule has 0 saturated heterocycles. The molecule has 21 heavy (non-hydrogen) atoms. The van der Waals surface area contributed by atoms with E-state index in [1.165, 1.54) is 0 Å². The highest BCUT2D eigenvalue weighted by atomic mass is 35.5. The van der Waals surface area contributed by atoms with Gasteiger partial charge >= 0.3 is 0 Å². The SMILES string of the molecule is CC(C)Oc1cc(N)cc(Nc2cc(Cl)c(Cl)cc2Cl)c1. The second-order valence-electron chi connectivity index (χ2n) is 4.83. The third-order valence-electron chi connectivity index (χ3n) is 2.59. The van der Waals surface area contributed by atoms with Crippen LogP contribution in [0.3, 0.4) is 0 Å². The van der Waals surface area contributed by atoms with Gasteiger partial charge in [-0.05, 0) is 32.0 Å². The summed E-state index contributed by atoms with van der Waals surface area (Å²) in [6.45, 7) is 3.90. The topological polar surface area (TPSA) is 47.3 Å². The summed E-state index contributed by atoms with van der Waals surface area (Å²) in [5.74, 6) is 0.684. The van der Waals surface area contributed by atoms with Crippen LogP contribution in [0.5, 0.6) is 5.75 Å². The monoisotopic (exact) mass is 344 g/mol. The second kappa shape index (κ2) is 6.65. The van der Waals surface area contributed by atoms with Gasteiger partial charge in [0.05, 0.1) is 26.9 Å². The molecule has 3 N–H and O–H groups in total. The van der Waals surface area contributed by atoms with E-state index in [2.05, 4.69) is 5.32 Å². The van der Waals surface area contributed by atoms with Gasteiger partial charge in [-0.15, -0.1) is 0 Å². The fourth-order valence-electron chi connectivity index (χ4n) is 1.81. The van der Waals surface area contributed by atoms with E-state index in [4.69, 9.17) is 45.3 Å². The van der Waals surface area contributed by atoms with E-state index in [0.717, 1.165) is 5.69 Å². The van der Waals surface area contributed by atoms with Crippen LogP contribution in [0, 0.1) is 0 Å². The van der Waals surface area contributed by atoms with Crippen molar-refractivity contribution in [2.45, 2.75) is 20.0 Å². The Kier molecular flexibility index (Phi) is 5.09. The minimum atomic E-state index is 0.0632. The number of anilines is 3. The van der Waals surface area contributed by atoms with E-state index in [-0.39, 0.29) is 6.10 Å². The number of nitrogens with two attached hydrogens (primary N) is 1. The largest absolute Gasteiger partial charge is 0.491 e. The molecule has 0 aliphatic carbocycles. The maximum absolute atomic E-state index is 6.15. The van der Waals surface area contributed by atoms with E-state index < -0.39 is 0 Å². The molecular formula is C15H15Cl3N2O. The first-order chi connectivity index (χ1) is 9.85. The molecule has 0 spiro atoms. The molecule has 0 heterocycles. The van der Waals surface area contributed by atoms with E-state index in [1.54, 1.807) is 24.3 Å². The van der Waals surface area contributed by atoms with Crippen LogP contribution in [-0.2, 0) is 0 Å². The average molecular weight is 346 g/mol. The predicted molar refractivity (Wildman–Crippen MR) is 91.4 cm³/mol. The molecule has 2 rings (SSSR count). The molecule has 3 nitrogen and oxygen atoms in total. The number of rotatable bonds is 4. The average Bonchev–Trinajstić information content (AvgIpc) is 2.34. The minimum Gasteiger partial charge on any atom is -0.491 e. The van der Waals surface area contributed by atoms with E-state index >= 15 is 0 Å². The number of hydrogen-bond acceptors (Lipinski definition) is 3. The Morgan fingerprint density at radius 2 is 1.62 bits per heavy atom. The lowest BCUT2D eigenvalue weighted by atomic mass is 10.2. The van der Waals surface area contributed by atoms with Crippen molar-refractivity contribution in [2.75, 3.05) is 11.1 Å². The van der Waals surface area contributed by atoms with Gasteiger partial charge in [0.25, 0.3) is 0 Å². The first-order valence-electron chi connectivity index (χ1n) is 6.34. The van der Waals surface area contributed by atoms with Gasteiger partial charge in [-0.2, -0.15) is 0 Å². The van der Waals surface area contributed by atoms with Crippen molar-refractivity contribution in [3.05, 3.63) is 45.4 Å². The van der Waals surface area contributed by atoms with Crippen molar-refractivity contribution in [3.8, 4) is 5.75 Å². The summed E-state index contributed by atoms with van der Waals surface area (Å²) >= 11 is 18.1. The van der Waals surface area contributed by atoms with Crippen molar-refractivity contribution in [1.82, 2.24) is 0 Å². The van der Waals surface area contributed by atoms with Gasteiger partial charge in [0.2, 0.25) is 0 Å². The Hall–Kier alpha value is -1.29. The molecule has 2 aromatic carbocycles. The highest BCUT2D eigenvalue weighted by Gasteiger charge is 2.08. The van der Waals surface area contributed by atoms with Crippen molar-refractivity contribution in [1.29, 1.82) is 0 Å². The highest BCUT2D eigenvalue weighted by molar-refractivity contribution is 6.44. The quantitative estimate of drug-likeness (QED) is 0.547. The van der Waals surface area contributed by atoms with Crippen molar-refractivity contribution in [3.63, 3.8) is 0 Å². The molecule has 0 amide bonds. The molecule has 0 atom stereocenters. The molecule has 0 fully saturated rings. The highest BCUT2D eigenvalue weighted by Crippen LogP contribution is 2.35. The van der Waals surface area contributed by atoms with E-state index in [1.807, 2.05) is 19.9 Å². The second-order valence-corrected chi connectivity index (χ2v) is 6.05. The van der Waals surface area contributed by atoms with Crippen LogP contribution in [0.1, 0.15) is 13.8 Å². The Morgan fingerprint density at radius 3 is 2.29 bits per heavy atom. The third kappa shape index (κ3) is 4.34. The van der Waals surface area contributed by atoms with Gasteiger partial charge in [0.15, 0.2) is 0 Å². The Bertz CT molecular complexity index is 660. The van der Waals surface area contributed by atoms with E-state index in [9.17, 15) is 0 Å². The van der Waals surface area contributed by atoms with Crippen molar-refractivity contribution in [2.24, 2.45) is 0 Å². The summed E-state index contributed by atoms with van der Waals surface area (Å²) in [7, 11) is 0. The zero-order valence-electron chi connectivity index (χ0n) is 11.6. The maximum atomic E-state index is 6.15. The number of halogens is 3. The summed E-state index contributed by atoms with van der Waals surface area (Å²) in [6, 6.07) is 8.65. The Balaban J connectivity index is 2.31. The van der Waals surface area contributed by atoms with Gasteiger partial charge in [-0.25, -0.2) is 0 Å².